The lowest BCUT2D eigenvalue weighted by atomic mass is 9.98. The lowest BCUT2D eigenvalue weighted by Gasteiger charge is -2.29. The summed E-state index contributed by atoms with van der Waals surface area (Å²) < 4.78 is 0. The van der Waals surface area contributed by atoms with E-state index in [2.05, 4.69) is 74.1 Å². The van der Waals surface area contributed by atoms with E-state index in [1.54, 1.807) is 122 Å². The van der Waals surface area contributed by atoms with E-state index in [-0.39, 0.29) is 127 Å². The number of aliphatic carboxylic acids is 3. The van der Waals surface area contributed by atoms with E-state index in [0.29, 0.717) is 36.1 Å². The summed E-state index contributed by atoms with van der Waals surface area (Å²) in [4.78, 5) is 239. The molecule has 0 aromatic heterocycles. The first-order valence-corrected chi connectivity index (χ1v) is 43.8. The third-order valence-corrected chi connectivity index (χ3v) is 20.7. The number of carbonyl (C=O) groups is 17. The first-order chi connectivity index (χ1) is 59.1. The number of nitrogens with zero attached hydrogens (tertiary/aromatic N) is 1. The summed E-state index contributed by atoms with van der Waals surface area (Å²) in [7, 11) is 0. The van der Waals surface area contributed by atoms with Crippen molar-refractivity contribution in [2.45, 2.75) is 275 Å². The van der Waals surface area contributed by atoms with Crippen molar-refractivity contribution in [2.24, 2.45) is 63.1 Å². The van der Waals surface area contributed by atoms with E-state index < -0.39 is 230 Å². The first-order valence-electron chi connectivity index (χ1n) is 42.4. The Labute approximate surface area is 734 Å². The van der Waals surface area contributed by atoms with Gasteiger partial charge in [-0.25, -0.2) is 4.79 Å². The minimum absolute atomic E-state index is 0.0220. The van der Waals surface area contributed by atoms with Crippen molar-refractivity contribution in [1.82, 2.24) is 69.1 Å². The molecule has 0 aliphatic rings. The molecule has 0 unspecified atom stereocenters. The molecular formula is C83H136N20O21S. The van der Waals surface area contributed by atoms with Gasteiger partial charge < -0.3 is 124 Å². The van der Waals surface area contributed by atoms with E-state index in [1.165, 1.54) is 11.8 Å². The van der Waals surface area contributed by atoms with Gasteiger partial charge in [-0.2, -0.15) is 11.8 Å². The maximum Gasteiger partial charge on any atom is 0.326 e. The quantitative estimate of drug-likeness (QED) is 0.0184. The molecule has 0 saturated heterocycles. The minimum atomic E-state index is -1.84. The number of thioether (sulfide) groups is 1. The highest BCUT2D eigenvalue weighted by Crippen LogP contribution is 2.18. The fourth-order valence-electron chi connectivity index (χ4n) is 12.9. The third-order valence-electron chi connectivity index (χ3n) is 20.0. The number of unbranched alkanes of at least 4 members (excludes halogenated alkanes) is 2. The molecule has 0 fully saturated rings. The third kappa shape index (κ3) is 44.4. The van der Waals surface area contributed by atoms with Crippen LogP contribution in [0.1, 0.15) is 189 Å². The molecule has 0 aliphatic carbocycles. The summed E-state index contributed by atoms with van der Waals surface area (Å²) in [5.41, 5.74) is 35.5. The predicted octanol–water partition coefficient (Wildman–Crippen LogP) is -2.58. The normalized spacial score (nSPS) is 14.8. The van der Waals surface area contributed by atoms with Crippen LogP contribution < -0.4 is 104 Å². The molecule has 2 aromatic carbocycles. The van der Waals surface area contributed by atoms with Gasteiger partial charge in [0.25, 0.3) is 0 Å². The predicted molar refractivity (Wildman–Crippen MR) is 467 cm³/mol. The number of aliphatic hydroxyl groups is 1. The molecular weight excluding hydrogens is 1650 g/mol. The fraction of sp³-hybridized carbons (Fsp3) is 0.639. The van der Waals surface area contributed by atoms with Crippen LogP contribution in [-0.2, 0) is 94.3 Å². The summed E-state index contributed by atoms with van der Waals surface area (Å²) in [5.74, 6) is -18.7. The number of amides is 14. The zero-order chi connectivity index (χ0) is 94.0. The van der Waals surface area contributed by atoms with Crippen molar-refractivity contribution >= 4 is 118 Å². The highest BCUT2D eigenvalue weighted by Gasteiger charge is 2.39. The molecule has 0 spiro atoms. The van der Waals surface area contributed by atoms with Crippen molar-refractivity contribution in [3.05, 3.63) is 71.8 Å². The van der Waals surface area contributed by atoms with Gasteiger partial charge in [-0.3, -0.25) is 81.7 Å². The Hall–Kier alpha value is -11.1. The average Bonchev–Trinajstić information content (AvgIpc) is 0.854. The van der Waals surface area contributed by atoms with Gasteiger partial charge in [0, 0.05) is 38.6 Å². The number of carboxylic acids is 3. The van der Waals surface area contributed by atoms with Crippen molar-refractivity contribution in [3.8, 4) is 0 Å². The van der Waals surface area contributed by atoms with Crippen LogP contribution in [0.25, 0.3) is 0 Å². The number of aliphatic imine (C=N–C) groups is 1. The molecule has 0 heterocycles. The van der Waals surface area contributed by atoms with Gasteiger partial charge >= 0.3 is 17.9 Å². The van der Waals surface area contributed by atoms with Crippen LogP contribution in [0.4, 0.5) is 0 Å². The van der Waals surface area contributed by atoms with Crippen molar-refractivity contribution in [2.75, 3.05) is 38.2 Å². The maximum absolute atomic E-state index is 15.0. The molecule has 125 heavy (non-hydrogen) atoms. The molecule has 15 atom stereocenters. The van der Waals surface area contributed by atoms with E-state index in [1.807, 2.05) is 0 Å². The summed E-state index contributed by atoms with van der Waals surface area (Å²) >= 11 is 1.36. The van der Waals surface area contributed by atoms with Crippen molar-refractivity contribution in [1.29, 1.82) is 0 Å². The first kappa shape index (κ1) is 110. The van der Waals surface area contributed by atoms with Crippen LogP contribution in [0.3, 0.4) is 0 Å². The van der Waals surface area contributed by atoms with Gasteiger partial charge in [0.15, 0.2) is 5.96 Å². The van der Waals surface area contributed by atoms with Gasteiger partial charge in [-0.15, -0.1) is 0 Å². The van der Waals surface area contributed by atoms with E-state index in [9.17, 15) is 102 Å². The Balaban J connectivity index is 2.63. The Morgan fingerprint density at radius 3 is 1.02 bits per heavy atom. The summed E-state index contributed by atoms with van der Waals surface area (Å²) in [6.45, 7) is 12.8. The van der Waals surface area contributed by atoms with Gasteiger partial charge in [0.05, 0.1) is 12.6 Å². The highest BCUT2D eigenvalue weighted by molar-refractivity contribution is 7.98. The number of guanidine groups is 1. The van der Waals surface area contributed by atoms with E-state index >= 15 is 0 Å². The highest BCUT2D eigenvalue weighted by atomic mass is 32.2. The number of primary amides is 1. The van der Waals surface area contributed by atoms with Crippen LogP contribution in [0.5, 0.6) is 0 Å². The number of nitrogens with two attached hydrogens (primary N) is 6. The standard InChI is InChI=1S/C83H136N20O21S/c1-10-49(8)68(82(123)124)103-75(116)58(35-39-125-9)96-70(111)53(26-17-19-36-84)91-73(114)56(30-32-65(87)105)94-76(117)59(40-46(2)3)98-78(119)61(42-48(6)7)100-81(122)64(45-104)102-72(113)54(27-18-20-37-85)93-79(120)63(44-51-24-15-12-16-25-51)101-71(112)55(28-21-38-90-83(88)89)92-74(115)57(31-34-67(108)109)95-77(118)60(41-47(4)5)99-80(121)62(43-50-22-13-11-14-23-50)97-69(110)52(86)29-33-66(106)107/h11-16,22-25,46-49,52-64,68,104H,10,17-21,26-45,84-86H2,1-9H3,(H2,87,105)(H,91,114)(H,92,115)(H,93,120)(H,94,117)(H,95,118)(H,96,111)(H,97,110)(H,98,119)(H,99,121)(H,100,122)(H,101,112)(H,102,113)(H,103,116)(H,106,107)(H,108,109)(H,123,124)(H4,88,89,90)/t49-,52-,53-,54-,55-,56-,57-,58-,59-,60-,61-,62-,63-,64-,68-/m0/s1. The van der Waals surface area contributed by atoms with E-state index in [4.69, 9.17) is 34.4 Å². The van der Waals surface area contributed by atoms with Crippen molar-refractivity contribution < 1.29 is 102 Å². The molecule has 41 nitrogen and oxygen atoms in total. The Bertz CT molecular complexity index is 3850. The number of benzene rings is 2. The zero-order valence-corrected chi connectivity index (χ0v) is 73.9. The van der Waals surface area contributed by atoms with Gasteiger partial charge in [0.2, 0.25) is 82.7 Å². The van der Waals surface area contributed by atoms with Gasteiger partial charge in [-0.1, -0.05) is 122 Å². The topological polar surface area (TPSA) is 696 Å². The number of hydrogen-bond acceptors (Lipinski definition) is 23. The number of carboxylic acid groups (broad SMARTS) is 3. The number of carbonyl (C=O) groups excluding carboxylic acids is 14. The number of hydrogen-bond donors (Lipinski definition) is 23. The second-order valence-electron chi connectivity index (χ2n) is 32.2. The summed E-state index contributed by atoms with van der Waals surface area (Å²) in [6.07, 6.45) is -0.639. The number of rotatable bonds is 64. The van der Waals surface area contributed by atoms with Crippen LogP contribution in [0, 0.1) is 23.7 Å². The van der Waals surface area contributed by atoms with Crippen LogP contribution in [0.2, 0.25) is 0 Å². The molecule has 2 rings (SSSR count). The molecule has 0 aliphatic heterocycles. The monoisotopic (exact) mass is 1780 g/mol. The van der Waals surface area contributed by atoms with Crippen molar-refractivity contribution in [3.63, 3.8) is 0 Å². The molecule has 29 N–H and O–H groups in total. The second-order valence-corrected chi connectivity index (χ2v) is 33.2. The average molecular weight is 1780 g/mol. The van der Waals surface area contributed by atoms with E-state index in [0.717, 1.165) is 0 Å². The van der Waals surface area contributed by atoms with Crippen LogP contribution in [0.15, 0.2) is 65.7 Å². The fourth-order valence-corrected chi connectivity index (χ4v) is 13.4. The molecule has 2 aromatic rings. The lowest BCUT2D eigenvalue weighted by molar-refractivity contribution is -0.144. The Morgan fingerprint density at radius 2 is 0.680 bits per heavy atom. The van der Waals surface area contributed by atoms with Gasteiger partial charge in [0.1, 0.15) is 78.5 Å². The number of nitrogens with one attached hydrogen (secondary N) is 13. The molecule has 14 amide bonds. The Morgan fingerprint density at radius 1 is 0.376 bits per heavy atom. The smallest absolute Gasteiger partial charge is 0.326 e. The molecule has 42 heteroatoms. The molecule has 0 saturated carbocycles. The van der Waals surface area contributed by atoms with Crippen LogP contribution >= 0.6 is 11.8 Å². The van der Waals surface area contributed by atoms with Crippen LogP contribution in [-0.4, -0.2) is 250 Å². The zero-order valence-electron chi connectivity index (χ0n) is 73.1. The Kier molecular flexibility index (Phi) is 52.5. The number of aliphatic hydroxyl groups excluding tert-OH is 1. The second kappa shape index (κ2) is 59.7. The molecule has 0 radical (unpaired) electrons. The summed E-state index contributed by atoms with van der Waals surface area (Å²) in [5, 5.41) is 73.5. The maximum atomic E-state index is 15.0. The molecule has 0 bridgehead atoms. The lowest BCUT2D eigenvalue weighted by Crippen LogP contribution is -2.61. The minimum Gasteiger partial charge on any atom is -0.481 e. The SMILES string of the molecule is CC[C@H](C)[C@H](NC(=O)[C@H](CCSC)NC(=O)[C@H](CCCCN)NC(=O)[C@H](CCC(N)=O)NC(=O)[C@H](CC(C)C)NC(=O)[C@H](CC(C)C)NC(=O)[C@H](CO)NC(=O)[C@H](CCCCN)NC(=O)[C@H](Cc1ccccc1)NC(=O)[C@H](CCCN=C(N)N)NC(=O)[C@H](CCC(=O)O)NC(=O)[C@H](CC(C)C)NC(=O)[C@H](Cc1ccccc1)NC(=O)[C@@H](N)CCC(=O)O)C(=O)O. The largest absolute Gasteiger partial charge is 0.481 e. The molecule has 700 valence electrons. The summed E-state index contributed by atoms with van der Waals surface area (Å²) in [6, 6.07) is -4.39. The van der Waals surface area contributed by atoms with Gasteiger partial charge in [-0.05, 0) is 156 Å².